The van der Waals surface area contributed by atoms with Gasteiger partial charge in [0.2, 0.25) is 0 Å². The van der Waals surface area contributed by atoms with Crippen molar-refractivity contribution in [2.24, 2.45) is 0 Å². The first-order chi connectivity index (χ1) is 9.45. The van der Waals surface area contributed by atoms with Crippen molar-refractivity contribution >= 4 is 17.4 Å². The summed E-state index contributed by atoms with van der Waals surface area (Å²) in [6.07, 6.45) is 0. The standard InChI is InChI=1S/C16H17FN2O/c1-10-4-7-14(17)15(8-10)19-16(20)18-13-6-5-11(2)12(3)9-13/h4-9H,1-3H3,(H2,18,19,20). The summed E-state index contributed by atoms with van der Waals surface area (Å²) in [5.41, 5.74) is 3.98. The number of carbonyl (C=O) groups excluding carboxylic acids is 1. The van der Waals surface area contributed by atoms with E-state index in [0.29, 0.717) is 5.69 Å². The molecule has 0 saturated carbocycles. The van der Waals surface area contributed by atoms with Crippen molar-refractivity contribution in [3.8, 4) is 0 Å². The lowest BCUT2D eigenvalue weighted by molar-refractivity contribution is 0.262. The van der Waals surface area contributed by atoms with E-state index in [1.807, 2.05) is 39.0 Å². The number of halogens is 1. The monoisotopic (exact) mass is 272 g/mol. The summed E-state index contributed by atoms with van der Waals surface area (Å²) >= 11 is 0. The second-order valence-corrected chi connectivity index (χ2v) is 4.86. The first kappa shape index (κ1) is 14.1. The maximum absolute atomic E-state index is 13.5. The molecular weight excluding hydrogens is 255 g/mol. The lowest BCUT2D eigenvalue weighted by atomic mass is 10.1. The maximum Gasteiger partial charge on any atom is 0.323 e. The SMILES string of the molecule is Cc1ccc(F)c(NC(=O)Nc2ccc(C)c(C)c2)c1. The summed E-state index contributed by atoms with van der Waals surface area (Å²) < 4.78 is 13.5. The van der Waals surface area contributed by atoms with Crippen molar-refractivity contribution in [2.75, 3.05) is 10.6 Å². The lowest BCUT2D eigenvalue weighted by Crippen LogP contribution is -2.20. The molecule has 0 saturated heterocycles. The molecule has 0 aliphatic rings. The number of aryl methyl sites for hydroxylation is 3. The molecule has 2 amide bonds. The molecule has 0 heterocycles. The molecular formula is C16H17FN2O. The molecule has 3 nitrogen and oxygen atoms in total. The van der Waals surface area contributed by atoms with Crippen LogP contribution in [0, 0.1) is 26.6 Å². The zero-order valence-electron chi connectivity index (χ0n) is 11.8. The number of nitrogens with one attached hydrogen (secondary N) is 2. The van der Waals surface area contributed by atoms with E-state index < -0.39 is 11.8 Å². The zero-order chi connectivity index (χ0) is 14.7. The quantitative estimate of drug-likeness (QED) is 0.836. The van der Waals surface area contributed by atoms with Crippen LogP contribution < -0.4 is 10.6 Å². The molecule has 20 heavy (non-hydrogen) atoms. The van der Waals surface area contributed by atoms with Crippen molar-refractivity contribution in [3.05, 3.63) is 58.9 Å². The molecule has 0 atom stereocenters. The molecule has 0 radical (unpaired) electrons. The van der Waals surface area contributed by atoms with E-state index in [9.17, 15) is 9.18 Å². The van der Waals surface area contributed by atoms with Gasteiger partial charge in [0, 0.05) is 5.69 Å². The second-order valence-electron chi connectivity index (χ2n) is 4.86. The first-order valence-corrected chi connectivity index (χ1v) is 6.37. The van der Waals surface area contributed by atoms with Gasteiger partial charge in [-0.05, 0) is 61.7 Å². The minimum Gasteiger partial charge on any atom is -0.308 e. The molecule has 0 aliphatic heterocycles. The third-order valence-electron chi connectivity index (χ3n) is 3.13. The Morgan fingerprint density at radius 1 is 0.950 bits per heavy atom. The molecule has 2 rings (SSSR count). The Morgan fingerprint density at radius 3 is 2.40 bits per heavy atom. The van der Waals surface area contributed by atoms with Crippen molar-refractivity contribution in [1.82, 2.24) is 0 Å². The first-order valence-electron chi connectivity index (χ1n) is 6.37. The van der Waals surface area contributed by atoms with Crippen LogP contribution in [0.1, 0.15) is 16.7 Å². The molecule has 0 aromatic heterocycles. The number of anilines is 2. The minimum absolute atomic E-state index is 0.173. The average Bonchev–Trinajstić information content (AvgIpc) is 2.38. The maximum atomic E-state index is 13.5. The number of urea groups is 1. The fourth-order valence-electron chi connectivity index (χ4n) is 1.84. The highest BCUT2D eigenvalue weighted by molar-refractivity contribution is 5.99. The predicted molar refractivity (Wildman–Crippen MR) is 79.7 cm³/mol. The molecule has 4 heteroatoms. The topological polar surface area (TPSA) is 41.1 Å². The van der Waals surface area contributed by atoms with Crippen LogP contribution in [0.25, 0.3) is 0 Å². The molecule has 2 aromatic rings. The van der Waals surface area contributed by atoms with E-state index >= 15 is 0 Å². The zero-order valence-corrected chi connectivity index (χ0v) is 11.8. The highest BCUT2D eigenvalue weighted by Crippen LogP contribution is 2.17. The van der Waals surface area contributed by atoms with Crippen LogP contribution in [-0.2, 0) is 0 Å². The van der Waals surface area contributed by atoms with Crippen LogP contribution in [0.3, 0.4) is 0 Å². The fourth-order valence-corrected chi connectivity index (χ4v) is 1.84. The summed E-state index contributed by atoms with van der Waals surface area (Å²) in [5, 5.41) is 5.20. The van der Waals surface area contributed by atoms with Crippen molar-refractivity contribution in [2.45, 2.75) is 20.8 Å². The van der Waals surface area contributed by atoms with Gasteiger partial charge in [0.15, 0.2) is 0 Å². The molecule has 2 N–H and O–H groups in total. The van der Waals surface area contributed by atoms with E-state index in [1.54, 1.807) is 12.1 Å². The van der Waals surface area contributed by atoms with Gasteiger partial charge in [-0.2, -0.15) is 0 Å². The number of rotatable bonds is 2. The Bertz CT molecular complexity index is 653. The molecule has 0 bridgehead atoms. The Balaban J connectivity index is 2.09. The van der Waals surface area contributed by atoms with Gasteiger partial charge in [0.05, 0.1) is 5.69 Å². The fraction of sp³-hybridized carbons (Fsp3) is 0.188. The predicted octanol–water partition coefficient (Wildman–Crippen LogP) is 4.39. The van der Waals surface area contributed by atoms with Crippen LogP contribution in [0.15, 0.2) is 36.4 Å². The van der Waals surface area contributed by atoms with E-state index in [1.165, 1.54) is 6.07 Å². The van der Waals surface area contributed by atoms with E-state index in [0.717, 1.165) is 16.7 Å². The number of hydrogen-bond acceptors (Lipinski definition) is 1. The Kier molecular flexibility index (Phi) is 4.03. The minimum atomic E-state index is -0.460. The highest BCUT2D eigenvalue weighted by Gasteiger charge is 2.07. The van der Waals surface area contributed by atoms with Crippen molar-refractivity contribution < 1.29 is 9.18 Å². The summed E-state index contributed by atoms with van der Waals surface area (Å²) in [4.78, 5) is 11.9. The summed E-state index contributed by atoms with van der Waals surface area (Å²) in [6, 6.07) is 9.74. The highest BCUT2D eigenvalue weighted by atomic mass is 19.1. The van der Waals surface area contributed by atoms with Crippen LogP contribution in [-0.4, -0.2) is 6.03 Å². The Labute approximate surface area is 117 Å². The van der Waals surface area contributed by atoms with E-state index in [-0.39, 0.29) is 5.69 Å². The molecule has 0 spiro atoms. The van der Waals surface area contributed by atoms with Gasteiger partial charge in [0.1, 0.15) is 5.82 Å². The number of benzene rings is 2. The number of carbonyl (C=O) groups is 1. The molecule has 0 unspecified atom stereocenters. The van der Waals surface area contributed by atoms with Gasteiger partial charge >= 0.3 is 6.03 Å². The largest absolute Gasteiger partial charge is 0.323 e. The normalized spacial score (nSPS) is 10.2. The smallest absolute Gasteiger partial charge is 0.308 e. The summed E-state index contributed by atoms with van der Waals surface area (Å²) in [5.74, 6) is -0.453. The Morgan fingerprint density at radius 2 is 1.70 bits per heavy atom. The van der Waals surface area contributed by atoms with Crippen LogP contribution in [0.5, 0.6) is 0 Å². The lowest BCUT2D eigenvalue weighted by Gasteiger charge is -2.10. The molecule has 2 aromatic carbocycles. The third-order valence-corrected chi connectivity index (χ3v) is 3.13. The number of hydrogen-bond donors (Lipinski definition) is 2. The molecule has 0 aliphatic carbocycles. The molecule has 0 fully saturated rings. The van der Waals surface area contributed by atoms with E-state index in [2.05, 4.69) is 10.6 Å². The van der Waals surface area contributed by atoms with Gasteiger partial charge in [-0.1, -0.05) is 12.1 Å². The van der Waals surface area contributed by atoms with Gasteiger partial charge in [-0.25, -0.2) is 9.18 Å². The van der Waals surface area contributed by atoms with Crippen LogP contribution in [0.4, 0.5) is 20.6 Å². The number of amides is 2. The summed E-state index contributed by atoms with van der Waals surface area (Å²) in [6.45, 7) is 5.81. The van der Waals surface area contributed by atoms with Crippen molar-refractivity contribution in [1.29, 1.82) is 0 Å². The van der Waals surface area contributed by atoms with Crippen molar-refractivity contribution in [3.63, 3.8) is 0 Å². The van der Waals surface area contributed by atoms with Crippen LogP contribution in [0.2, 0.25) is 0 Å². The average molecular weight is 272 g/mol. The second kappa shape index (κ2) is 5.74. The van der Waals surface area contributed by atoms with Gasteiger partial charge in [-0.15, -0.1) is 0 Å². The van der Waals surface area contributed by atoms with Gasteiger partial charge in [-0.3, -0.25) is 0 Å². The van der Waals surface area contributed by atoms with Gasteiger partial charge in [0.25, 0.3) is 0 Å². The molecule has 104 valence electrons. The van der Waals surface area contributed by atoms with Gasteiger partial charge < -0.3 is 10.6 Å². The van der Waals surface area contributed by atoms with Crippen LogP contribution >= 0.6 is 0 Å². The van der Waals surface area contributed by atoms with E-state index in [4.69, 9.17) is 0 Å². The summed E-state index contributed by atoms with van der Waals surface area (Å²) in [7, 11) is 0. The third kappa shape index (κ3) is 3.35. The Hall–Kier alpha value is -2.36.